The molecule has 0 fully saturated rings. The van der Waals surface area contributed by atoms with Gasteiger partial charge in [-0.15, -0.1) is 11.6 Å². The van der Waals surface area contributed by atoms with Crippen molar-refractivity contribution in [1.29, 1.82) is 0 Å². The van der Waals surface area contributed by atoms with E-state index < -0.39 is 10.0 Å². The first-order valence-electron chi connectivity index (χ1n) is 4.12. The monoisotopic (exact) mass is 213 g/mol. The molecule has 12 heavy (non-hydrogen) atoms. The van der Waals surface area contributed by atoms with Gasteiger partial charge in [0.05, 0.1) is 0 Å². The van der Waals surface area contributed by atoms with Gasteiger partial charge in [0.25, 0.3) is 0 Å². The Morgan fingerprint density at radius 2 is 1.92 bits per heavy atom. The van der Waals surface area contributed by atoms with Crippen LogP contribution in [0.25, 0.3) is 0 Å². The molecule has 0 aliphatic carbocycles. The highest BCUT2D eigenvalue weighted by Crippen LogP contribution is 2.05. The molecule has 0 aromatic heterocycles. The second kappa shape index (κ2) is 5.78. The predicted octanol–water partition coefficient (Wildman–Crippen LogP) is 1.63. The second-order valence-electron chi connectivity index (χ2n) is 2.57. The lowest BCUT2D eigenvalue weighted by Crippen LogP contribution is -2.32. The summed E-state index contributed by atoms with van der Waals surface area (Å²) in [6.07, 6.45) is 1.89. The largest absolute Gasteiger partial charge is 0.228 e. The van der Waals surface area contributed by atoms with Gasteiger partial charge in [0.15, 0.2) is 0 Å². The summed E-state index contributed by atoms with van der Waals surface area (Å²) in [6.45, 7) is 4.94. The zero-order valence-electron chi connectivity index (χ0n) is 7.59. The van der Waals surface area contributed by atoms with Gasteiger partial charge in [0.2, 0.25) is 10.0 Å². The van der Waals surface area contributed by atoms with Crippen LogP contribution in [0.1, 0.15) is 26.7 Å². The summed E-state index contributed by atoms with van der Waals surface area (Å²) in [5, 5.41) is -0.315. The molecule has 0 aromatic rings. The lowest BCUT2D eigenvalue weighted by molar-refractivity contribution is 0.422. The van der Waals surface area contributed by atoms with Crippen molar-refractivity contribution in [2.75, 3.05) is 18.3 Å². The third-order valence-electron chi connectivity index (χ3n) is 1.65. The molecule has 5 heteroatoms. The lowest BCUT2D eigenvalue weighted by atomic mass is 10.3. The summed E-state index contributed by atoms with van der Waals surface area (Å²) in [4.78, 5) is 0. The molecule has 0 aliphatic heterocycles. The molecule has 3 nitrogen and oxygen atoms in total. The zero-order valence-corrected chi connectivity index (χ0v) is 9.16. The van der Waals surface area contributed by atoms with Gasteiger partial charge >= 0.3 is 0 Å². The Bertz CT molecular complexity index is 203. The van der Waals surface area contributed by atoms with Crippen molar-refractivity contribution in [2.24, 2.45) is 0 Å². The van der Waals surface area contributed by atoms with Crippen molar-refractivity contribution in [3.63, 3.8) is 0 Å². The molecule has 0 saturated heterocycles. The van der Waals surface area contributed by atoms with E-state index in [1.807, 2.05) is 13.8 Å². The summed E-state index contributed by atoms with van der Waals surface area (Å²) in [7, 11) is -3.18. The number of halogens is 1. The molecular weight excluding hydrogens is 198 g/mol. The first-order chi connectivity index (χ1) is 5.58. The summed E-state index contributed by atoms with van der Waals surface area (Å²) in [5.41, 5.74) is 0. The molecule has 74 valence electrons. The first-order valence-corrected chi connectivity index (χ1v) is 6.26. The Kier molecular flexibility index (Phi) is 5.88. The van der Waals surface area contributed by atoms with Gasteiger partial charge in [-0.05, 0) is 6.42 Å². The smallest absolute Gasteiger partial charge is 0.211 e. The lowest BCUT2D eigenvalue weighted by Gasteiger charge is -2.17. The highest BCUT2D eigenvalue weighted by atomic mass is 35.5. The number of unbranched alkanes of at least 4 members (excludes halogenated alkanes) is 1. The van der Waals surface area contributed by atoms with Crippen LogP contribution in [0.4, 0.5) is 0 Å². The quantitative estimate of drug-likeness (QED) is 0.629. The van der Waals surface area contributed by atoms with Gasteiger partial charge in [0.1, 0.15) is 5.21 Å². The topological polar surface area (TPSA) is 37.4 Å². The van der Waals surface area contributed by atoms with Crippen LogP contribution in [-0.2, 0) is 10.0 Å². The van der Waals surface area contributed by atoms with Crippen LogP contribution in [0.3, 0.4) is 0 Å². The van der Waals surface area contributed by atoms with E-state index in [4.69, 9.17) is 11.6 Å². The average molecular weight is 214 g/mol. The van der Waals surface area contributed by atoms with E-state index in [0.717, 1.165) is 12.8 Å². The minimum absolute atomic E-state index is 0.315. The van der Waals surface area contributed by atoms with Gasteiger partial charge < -0.3 is 0 Å². The number of nitrogens with zero attached hydrogens (tertiary/aromatic N) is 1. The molecule has 0 spiro atoms. The van der Waals surface area contributed by atoms with Crippen LogP contribution >= 0.6 is 11.6 Å². The van der Waals surface area contributed by atoms with Gasteiger partial charge in [0, 0.05) is 13.1 Å². The molecule has 0 atom stereocenters. The van der Waals surface area contributed by atoms with E-state index in [0.29, 0.717) is 13.1 Å². The van der Waals surface area contributed by atoms with Gasteiger partial charge in [-0.2, -0.15) is 0 Å². The molecule has 0 heterocycles. The second-order valence-corrected chi connectivity index (χ2v) is 5.12. The maximum absolute atomic E-state index is 11.2. The van der Waals surface area contributed by atoms with Crippen molar-refractivity contribution >= 4 is 21.6 Å². The molecule has 0 amide bonds. The summed E-state index contributed by atoms with van der Waals surface area (Å²) >= 11 is 5.32. The molecule has 0 radical (unpaired) electrons. The van der Waals surface area contributed by atoms with E-state index in [1.165, 1.54) is 4.31 Å². The van der Waals surface area contributed by atoms with Gasteiger partial charge in [-0.25, -0.2) is 12.7 Å². The maximum Gasteiger partial charge on any atom is 0.228 e. The van der Waals surface area contributed by atoms with E-state index in [-0.39, 0.29) is 5.21 Å². The van der Waals surface area contributed by atoms with Crippen molar-refractivity contribution in [2.45, 2.75) is 26.7 Å². The predicted molar refractivity (Wildman–Crippen MR) is 51.8 cm³/mol. The van der Waals surface area contributed by atoms with E-state index in [1.54, 1.807) is 0 Å². The van der Waals surface area contributed by atoms with Crippen molar-refractivity contribution in [3.8, 4) is 0 Å². The molecule has 0 bridgehead atoms. The number of rotatable bonds is 6. The van der Waals surface area contributed by atoms with Crippen LogP contribution in [0.5, 0.6) is 0 Å². The minimum atomic E-state index is -3.18. The third-order valence-corrected chi connectivity index (χ3v) is 3.98. The fourth-order valence-corrected chi connectivity index (χ4v) is 2.25. The molecule has 0 saturated carbocycles. The fourth-order valence-electron chi connectivity index (χ4n) is 0.897. The first kappa shape index (κ1) is 12.2. The Morgan fingerprint density at radius 3 is 2.25 bits per heavy atom. The number of sulfonamides is 1. The van der Waals surface area contributed by atoms with Crippen LogP contribution in [-0.4, -0.2) is 31.0 Å². The highest BCUT2D eigenvalue weighted by molar-refractivity contribution is 7.90. The number of hydrogen-bond donors (Lipinski definition) is 0. The molecule has 0 aromatic carbocycles. The van der Waals surface area contributed by atoms with Crippen LogP contribution in [0.2, 0.25) is 0 Å². The van der Waals surface area contributed by atoms with Crippen LogP contribution in [0, 0.1) is 0 Å². The summed E-state index contributed by atoms with van der Waals surface area (Å²) < 4.78 is 23.9. The highest BCUT2D eigenvalue weighted by Gasteiger charge is 2.17. The minimum Gasteiger partial charge on any atom is -0.211 e. The normalized spacial score (nSPS) is 12.3. The summed E-state index contributed by atoms with van der Waals surface area (Å²) in [6, 6.07) is 0. The van der Waals surface area contributed by atoms with E-state index in [2.05, 4.69) is 0 Å². The standard InChI is InChI=1S/C7H16ClNO2S/c1-3-5-6-9(4-2)12(10,11)7-8/h3-7H2,1-2H3. The Hall–Kier alpha value is 0.200. The number of alkyl halides is 1. The van der Waals surface area contributed by atoms with Gasteiger partial charge in [-0.3, -0.25) is 0 Å². The molecule has 0 aliphatic rings. The summed E-state index contributed by atoms with van der Waals surface area (Å²) in [5.74, 6) is 0. The van der Waals surface area contributed by atoms with E-state index >= 15 is 0 Å². The fraction of sp³-hybridized carbons (Fsp3) is 1.00. The third kappa shape index (κ3) is 3.74. The molecular formula is C7H16ClNO2S. The van der Waals surface area contributed by atoms with Crippen LogP contribution in [0.15, 0.2) is 0 Å². The zero-order chi connectivity index (χ0) is 9.61. The molecule has 0 rings (SSSR count). The SMILES string of the molecule is CCCCN(CC)S(=O)(=O)CCl. The molecule has 0 unspecified atom stereocenters. The van der Waals surface area contributed by atoms with E-state index in [9.17, 15) is 8.42 Å². The Morgan fingerprint density at radius 1 is 1.33 bits per heavy atom. The maximum atomic E-state index is 11.2. The van der Waals surface area contributed by atoms with Crippen LogP contribution < -0.4 is 0 Å². The van der Waals surface area contributed by atoms with Crippen molar-refractivity contribution < 1.29 is 8.42 Å². The Labute approximate surface area is 79.8 Å². The number of hydrogen-bond acceptors (Lipinski definition) is 2. The van der Waals surface area contributed by atoms with Crippen molar-refractivity contribution in [3.05, 3.63) is 0 Å². The molecule has 0 N–H and O–H groups in total. The van der Waals surface area contributed by atoms with Crippen molar-refractivity contribution in [1.82, 2.24) is 4.31 Å². The van der Waals surface area contributed by atoms with Gasteiger partial charge in [-0.1, -0.05) is 20.3 Å². The average Bonchev–Trinajstić information content (AvgIpc) is 2.05. The Balaban J connectivity index is 4.15.